The Morgan fingerprint density at radius 2 is 0.974 bits per heavy atom. The Labute approximate surface area is 206 Å². The van der Waals surface area contributed by atoms with Crippen molar-refractivity contribution in [3.05, 3.63) is 65.7 Å². The second kappa shape index (κ2) is 9.76. The van der Waals surface area contributed by atoms with Gasteiger partial charge in [0.15, 0.2) is 0 Å². The number of rotatable bonds is 9. The van der Waals surface area contributed by atoms with Gasteiger partial charge in [0, 0.05) is 0 Å². The smallest absolute Gasteiger partial charge is 0.265 e. The van der Waals surface area contributed by atoms with Gasteiger partial charge in [0.1, 0.15) is 0 Å². The molecule has 2 aromatic rings. The van der Waals surface area contributed by atoms with Gasteiger partial charge in [0.05, 0.1) is 5.69 Å². The Balaban J connectivity index is 2.54. The number of carbonyl (C=O) groups is 1. The van der Waals surface area contributed by atoms with Crippen molar-refractivity contribution in [3.8, 4) is 0 Å². The summed E-state index contributed by atoms with van der Waals surface area (Å²) in [5.41, 5.74) is -1.53. The molecule has 0 spiro atoms. The minimum atomic E-state index is -8.58. The van der Waals surface area contributed by atoms with Crippen LogP contribution >= 0.6 is 0 Å². The molecule has 0 radical (unpaired) electrons. The molecule has 0 fully saturated rings. The maximum atomic E-state index is 14.6. The molecule has 218 valence electrons. The number of benzene rings is 2. The van der Waals surface area contributed by atoms with Crippen molar-refractivity contribution in [1.29, 1.82) is 0 Å². The summed E-state index contributed by atoms with van der Waals surface area (Å²) in [6.07, 6.45) is -8.19. The van der Waals surface area contributed by atoms with Gasteiger partial charge in [-0.05, 0) is 23.6 Å². The van der Waals surface area contributed by atoms with Crippen LogP contribution in [0.2, 0.25) is 0 Å². The van der Waals surface area contributed by atoms with Crippen molar-refractivity contribution in [2.24, 2.45) is 0 Å². The van der Waals surface area contributed by atoms with Crippen LogP contribution in [0.4, 0.5) is 76.0 Å². The lowest BCUT2D eigenvalue weighted by atomic mass is 9.90. The molecule has 0 bridgehead atoms. The van der Waals surface area contributed by atoms with E-state index in [1.807, 2.05) is 0 Å². The number of para-hydroxylation sites is 1. The first-order valence-electron chi connectivity index (χ1n) is 9.85. The highest BCUT2D eigenvalue weighted by Crippen LogP contribution is 2.62. The zero-order valence-electron chi connectivity index (χ0n) is 18.3. The number of hydrogen-bond donors (Lipinski definition) is 0. The van der Waals surface area contributed by atoms with Crippen LogP contribution in [0.3, 0.4) is 0 Å². The Morgan fingerprint density at radius 3 is 1.46 bits per heavy atom. The summed E-state index contributed by atoms with van der Waals surface area (Å²) in [6, 6.07) is 10.3. The molecule has 0 saturated heterocycles. The highest BCUT2D eigenvalue weighted by atomic mass is 19.4. The number of carbonyl (C=O) groups excluding carboxylic acids is 1. The zero-order chi connectivity index (χ0) is 30.5. The van der Waals surface area contributed by atoms with Crippen LogP contribution in [0.25, 0.3) is 0 Å². The lowest BCUT2D eigenvalue weighted by molar-refractivity contribution is -0.449. The van der Waals surface area contributed by atoms with Crippen LogP contribution in [0.15, 0.2) is 54.6 Å². The van der Waals surface area contributed by atoms with Gasteiger partial charge >= 0.3 is 47.6 Å². The standard InChI is InChI=1S/C21H11F16NO/c22-15(23,14(39)38(37)13-9-5-4-8-12(13)10-11-6-2-1-3-7-11)16(24,25)17(26,27)18(28,29)19(30,31)20(32,33)21(34,35)36/h1-9H,10H2. The van der Waals surface area contributed by atoms with Crippen LogP contribution in [-0.4, -0.2) is 47.6 Å². The van der Waals surface area contributed by atoms with E-state index in [1.54, 1.807) is 0 Å². The summed E-state index contributed by atoms with van der Waals surface area (Å²) >= 11 is 0. The largest absolute Gasteiger partial charge is 0.460 e. The molecule has 0 saturated carbocycles. The minimum absolute atomic E-state index is 0.280. The highest BCUT2D eigenvalue weighted by Gasteiger charge is 2.94. The van der Waals surface area contributed by atoms with Crippen LogP contribution in [-0.2, 0) is 11.2 Å². The molecule has 0 aromatic heterocycles. The third-order valence-electron chi connectivity index (χ3n) is 5.22. The minimum Gasteiger partial charge on any atom is -0.265 e. The average Bonchev–Trinajstić information content (AvgIpc) is 2.82. The first-order valence-corrected chi connectivity index (χ1v) is 9.85. The number of alkyl halides is 15. The lowest BCUT2D eigenvalue weighted by Gasteiger charge is -2.41. The molecule has 18 heteroatoms. The van der Waals surface area contributed by atoms with Gasteiger partial charge in [0.25, 0.3) is 0 Å². The van der Waals surface area contributed by atoms with E-state index in [0.717, 1.165) is 18.2 Å². The predicted molar refractivity (Wildman–Crippen MR) is 100 cm³/mol. The van der Waals surface area contributed by atoms with Gasteiger partial charge in [0.2, 0.25) is 0 Å². The van der Waals surface area contributed by atoms with E-state index in [9.17, 15) is 75.1 Å². The summed E-state index contributed by atoms with van der Waals surface area (Å²) in [5.74, 6) is -53.4. The van der Waals surface area contributed by atoms with Crippen molar-refractivity contribution < 1.29 is 75.1 Å². The predicted octanol–water partition coefficient (Wildman–Crippen LogP) is 7.87. The molecule has 2 rings (SSSR count). The number of nitrogens with zero attached hydrogens (tertiary/aromatic N) is 1. The summed E-state index contributed by atoms with van der Waals surface area (Å²) in [5, 5.41) is -1.91. The van der Waals surface area contributed by atoms with Crippen LogP contribution in [0.5, 0.6) is 0 Å². The average molecular weight is 597 g/mol. The van der Waals surface area contributed by atoms with E-state index in [-0.39, 0.29) is 5.56 Å². The normalized spacial score (nSPS) is 14.4. The molecule has 2 nitrogen and oxygen atoms in total. The molecule has 0 heterocycles. The molecule has 0 aliphatic carbocycles. The maximum absolute atomic E-state index is 14.6. The molecule has 1 amide bonds. The fourth-order valence-electron chi connectivity index (χ4n) is 3.00. The number of hydrogen-bond acceptors (Lipinski definition) is 1. The lowest BCUT2D eigenvalue weighted by Crippen LogP contribution is -2.73. The Morgan fingerprint density at radius 1 is 0.564 bits per heavy atom. The third-order valence-corrected chi connectivity index (χ3v) is 5.22. The zero-order valence-corrected chi connectivity index (χ0v) is 18.3. The van der Waals surface area contributed by atoms with Crippen molar-refractivity contribution in [2.75, 3.05) is 5.12 Å². The fourth-order valence-corrected chi connectivity index (χ4v) is 3.00. The van der Waals surface area contributed by atoms with E-state index in [4.69, 9.17) is 0 Å². The molecule has 0 atom stereocenters. The summed E-state index contributed by atoms with van der Waals surface area (Å²) in [6.45, 7) is 0. The second-order valence-electron chi connectivity index (χ2n) is 7.82. The van der Waals surface area contributed by atoms with E-state index >= 15 is 0 Å². The Hall–Kier alpha value is -3.21. The van der Waals surface area contributed by atoms with Crippen LogP contribution in [0.1, 0.15) is 11.1 Å². The number of anilines is 1. The molecular weight excluding hydrogens is 586 g/mol. The van der Waals surface area contributed by atoms with Gasteiger partial charge in [-0.2, -0.15) is 65.9 Å². The van der Waals surface area contributed by atoms with E-state index in [1.165, 1.54) is 30.3 Å². The molecule has 0 aliphatic rings. The van der Waals surface area contributed by atoms with Crippen molar-refractivity contribution >= 4 is 11.6 Å². The van der Waals surface area contributed by atoms with Crippen molar-refractivity contribution in [1.82, 2.24) is 0 Å². The summed E-state index contributed by atoms with van der Waals surface area (Å²) in [7, 11) is 0. The molecule has 0 N–H and O–H groups in total. The van der Waals surface area contributed by atoms with Crippen molar-refractivity contribution in [3.63, 3.8) is 0 Å². The van der Waals surface area contributed by atoms with Gasteiger partial charge < -0.3 is 0 Å². The molecular formula is C21H11F16NO. The first kappa shape index (κ1) is 32.0. The van der Waals surface area contributed by atoms with Crippen LogP contribution in [0, 0.1) is 0 Å². The fraction of sp³-hybridized carbons (Fsp3) is 0.381. The SMILES string of the molecule is O=C(N(F)c1ccccc1Cc1ccccc1)C(F)(F)C(F)(F)C(F)(F)C(F)(F)C(F)(F)C(F)(F)C(F)(F)F. The molecule has 0 unspecified atom stereocenters. The van der Waals surface area contributed by atoms with Crippen molar-refractivity contribution in [2.45, 2.75) is 48.1 Å². The van der Waals surface area contributed by atoms with Gasteiger partial charge in [-0.15, -0.1) is 5.12 Å². The third kappa shape index (κ3) is 4.85. The quantitative estimate of drug-likeness (QED) is 0.213. The number of amides is 1. The monoisotopic (exact) mass is 597 g/mol. The molecule has 39 heavy (non-hydrogen) atoms. The number of halogens is 16. The summed E-state index contributed by atoms with van der Waals surface area (Å²) in [4.78, 5) is 11.8. The maximum Gasteiger partial charge on any atom is 0.460 e. The molecule has 0 aliphatic heterocycles. The summed E-state index contributed by atoms with van der Waals surface area (Å²) < 4.78 is 215. The van der Waals surface area contributed by atoms with E-state index in [0.29, 0.717) is 6.07 Å². The van der Waals surface area contributed by atoms with Gasteiger partial charge in [-0.1, -0.05) is 53.0 Å². The second-order valence-corrected chi connectivity index (χ2v) is 7.82. The molecule has 2 aromatic carbocycles. The van der Waals surface area contributed by atoms with Gasteiger partial charge in [-0.25, -0.2) is 0 Å². The highest BCUT2D eigenvalue weighted by molar-refractivity contribution is 5.98. The van der Waals surface area contributed by atoms with E-state index in [2.05, 4.69) is 0 Å². The van der Waals surface area contributed by atoms with E-state index < -0.39 is 70.4 Å². The van der Waals surface area contributed by atoms with Gasteiger partial charge in [-0.3, -0.25) is 4.79 Å². The van der Waals surface area contributed by atoms with Crippen LogP contribution < -0.4 is 5.12 Å². The first-order chi connectivity index (χ1) is 17.4. The Kier molecular flexibility index (Phi) is 8.01. The topological polar surface area (TPSA) is 20.3 Å². The Bertz CT molecular complexity index is 1180.